The zero-order chi connectivity index (χ0) is 14.3. The SMILES string of the molecule is Cc1cc(Cn2c(C(C)Cl)nc3c(Cl)cccc32)on1. The predicted molar refractivity (Wildman–Crippen MR) is 79.4 cm³/mol. The van der Waals surface area contributed by atoms with E-state index in [0.717, 1.165) is 28.3 Å². The van der Waals surface area contributed by atoms with Crippen LogP contribution in [0.1, 0.15) is 29.6 Å². The first-order valence-corrected chi connectivity index (χ1v) is 7.08. The van der Waals surface area contributed by atoms with Crippen LogP contribution in [0.15, 0.2) is 28.8 Å². The smallest absolute Gasteiger partial charge is 0.156 e. The lowest BCUT2D eigenvalue weighted by Gasteiger charge is -2.08. The number of imidazole rings is 1. The third-order valence-electron chi connectivity index (χ3n) is 3.11. The molecule has 0 aliphatic carbocycles. The number of halogens is 2. The molecule has 0 bridgehead atoms. The molecule has 0 aliphatic rings. The molecule has 0 fully saturated rings. The Morgan fingerprint density at radius 2 is 2.20 bits per heavy atom. The van der Waals surface area contributed by atoms with Crippen molar-refractivity contribution in [3.63, 3.8) is 0 Å². The topological polar surface area (TPSA) is 43.9 Å². The Morgan fingerprint density at radius 1 is 1.40 bits per heavy atom. The van der Waals surface area contributed by atoms with Crippen LogP contribution in [0.4, 0.5) is 0 Å². The van der Waals surface area contributed by atoms with E-state index >= 15 is 0 Å². The van der Waals surface area contributed by atoms with E-state index in [9.17, 15) is 0 Å². The third-order valence-corrected chi connectivity index (χ3v) is 3.61. The third kappa shape index (κ3) is 2.30. The van der Waals surface area contributed by atoms with Gasteiger partial charge in [0.2, 0.25) is 0 Å². The van der Waals surface area contributed by atoms with Gasteiger partial charge < -0.3 is 9.09 Å². The summed E-state index contributed by atoms with van der Waals surface area (Å²) >= 11 is 12.4. The fraction of sp³-hybridized carbons (Fsp3) is 0.286. The Bertz CT molecular complexity index is 761. The Kier molecular flexibility index (Phi) is 3.44. The van der Waals surface area contributed by atoms with Gasteiger partial charge in [-0.05, 0) is 26.0 Å². The number of benzene rings is 1. The van der Waals surface area contributed by atoms with Gasteiger partial charge in [-0.15, -0.1) is 11.6 Å². The maximum atomic E-state index is 6.23. The van der Waals surface area contributed by atoms with Crippen LogP contribution in [0.5, 0.6) is 0 Å². The lowest BCUT2D eigenvalue weighted by atomic mass is 10.3. The first-order chi connectivity index (χ1) is 9.56. The zero-order valence-corrected chi connectivity index (χ0v) is 12.6. The number of hydrogen-bond acceptors (Lipinski definition) is 3. The lowest BCUT2D eigenvalue weighted by molar-refractivity contribution is 0.372. The van der Waals surface area contributed by atoms with Crippen molar-refractivity contribution in [1.82, 2.24) is 14.7 Å². The van der Waals surface area contributed by atoms with E-state index < -0.39 is 0 Å². The molecule has 4 nitrogen and oxygen atoms in total. The molecule has 1 atom stereocenters. The molecule has 104 valence electrons. The molecule has 0 amide bonds. The number of rotatable bonds is 3. The van der Waals surface area contributed by atoms with Crippen molar-refractivity contribution in [3.05, 3.63) is 46.6 Å². The molecule has 3 rings (SSSR count). The van der Waals surface area contributed by atoms with E-state index in [0.29, 0.717) is 11.6 Å². The second-order valence-electron chi connectivity index (χ2n) is 4.71. The maximum absolute atomic E-state index is 6.23. The van der Waals surface area contributed by atoms with Crippen molar-refractivity contribution in [2.45, 2.75) is 25.8 Å². The summed E-state index contributed by atoms with van der Waals surface area (Å²) in [5, 5.41) is 4.30. The molecule has 0 radical (unpaired) electrons. The summed E-state index contributed by atoms with van der Waals surface area (Å²) in [4.78, 5) is 4.55. The van der Waals surface area contributed by atoms with Crippen molar-refractivity contribution in [1.29, 1.82) is 0 Å². The molecule has 0 saturated carbocycles. The molecule has 3 aromatic rings. The van der Waals surface area contributed by atoms with Gasteiger partial charge in [-0.1, -0.05) is 22.8 Å². The van der Waals surface area contributed by atoms with Gasteiger partial charge in [0.05, 0.1) is 28.2 Å². The molecular formula is C14H13Cl2N3O. The molecule has 6 heteroatoms. The largest absolute Gasteiger partial charge is 0.359 e. The first-order valence-electron chi connectivity index (χ1n) is 6.27. The maximum Gasteiger partial charge on any atom is 0.156 e. The summed E-state index contributed by atoms with van der Waals surface area (Å²) in [5.41, 5.74) is 2.55. The van der Waals surface area contributed by atoms with Crippen LogP contribution in [0.3, 0.4) is 0 Å². The van der Waals surface area contributed by atoms with E-state index in [2.05, 4.69) is 10.1 Å². The fourth-order valence-electron chi connectivity index (χ4n) is 2.25. The van der Waals surface area contributed by atoms with Gasteiger partial charge in [-0.25, -0.2) is 4.98 Å². The summed E-state index contributed by atoms with van der Waals surface area (Å²) in [6.07, 6.45) is 0. The molecule has 2 aromatic heterocycles. The molecule has 0 N–H and O–H groups in total. The highest BCUT2D eigenvalue weighted by molar-refractivity contribution is 6.35. The number of aryl methyl sites for hydroxylation is 1. The van der Waals surface area contributed by atoms with Crippen molar-refractivity contribution < 1.29 is 4.52 Å². The van der Waals surface area contributed by atoms with Gasteiger partial charge in [0.25, 0.3) is 0 Å². The monoisotopic (exact) mass is 309 g/mol. The Hall–Kier alpha value is -1.52. The average molecular weight is 310 g/mol. The van der Waals surface area contributed by atoms with Gasteiger partial charge >= 0.3 is 0 Å². The molecule has 1 unspecified atom stereocenters. The predicted octanol–water partition coefficient (Wildman–Crippen LogP) is 4.33. The number of hydrogen-bond donors (Lipinski definition) is 0. The van der Waals surface area contributed by atoms with Crippen molar-refractivity contribution in [2.75, 3.05) is 0 Å². The Morgan fingerprint density at radius 3 is 2.85 bits per heavy atom. The number of aromatic nitrogens is 3. The molecule has 0 aliphatic heterocycles. The number of nitrogens with zero attached hydrogens (tertiary/aromatic N) is 3. The Labute approximate surface area is 126 Å². The van der Waals surface area contributed by atoms with Gasteiger partial charge in [0.15, 0.2) is 5.76 Å². The van der Waals surface area contributed by atoms with Crippen molar-refractivity contribution in [3.8, 4) is 0 Å². The number of fused-ring (bicyclic) bond motifs is 1. The quantitative estimate of drug-likeness (QED) is 0.676. The van der Waals surface area contributed by atoms with Gasteiger partial charge in [0, 0.05) is 6.07 Å². The molecule has 0 spiro atoms. The molecule has 2 heterocycles. The lowest BCUT2D eigenvalue weighted by Crippen LogP contribution is -2.05. The summed E-state index contributed by atoms with van der Waals surface area (Å²) in [6, 6.07) is 7.60. The summed E-state index contributed by atoms with van der Waals surface area (Å²) < 4.78 is 7.29. The summed E-state index contributed by atoms with van der Waals surface area (Å²) in [5.74, 6) is 1.53. The standard InChI is InChI=1S/C14H13Cl2N3O/c1-8-6-10(20-18-8)7-19-12-5-3-4-11(16)13(12)17-14(19)9(2)15/h3-6,9H,7H2,1-2H3. The first kappa shape index (κ1) is 13.5. The highest BCUT2D eigenvalue weighted by Gasteiger charge is 2.17. The van der Waals surface area contributed by atoms with Crippen molar-refractivity contribution in [2.24, 2.45) is 0 Å². The van der Waals surface area contributed by atoms with Crippen LogP contribution in [-0.4, -0.2) is 14.7 Å². The normalized spacial score (nSPS) is 13.0. The molecule has 1 aromatic carbocycles. The van der Waals surface area contributed by atoms with E-state index in [1.807, 2.05) is 42.7 Å². The van der Waals surface area contributed by atoms with Gasteiger partial charge in [-0.2, -0.15) is 0 Å². The van der Waals surface area contributed by atoms with Crippen molar-refractivity contribution >= 4 is 34.2 Å². The number of para-hydroxylation sites is 1. The minimum Gasteiger partial charge on any atom is -0.359 e. The van der Waals surface area contributed by atoms with E-state index in [1.165, 1.54) is 0 Å². The highest BCUT2D eigenvalue weighted by Crippen LogP contribution is 2.29. The highest BCUT2D eigenvalue weighted by atomic mass is 35.5. The van der Waals surface area contributed by atoms with E-state index in [4.69, 9.17) is 27.7 Å². The number of alkyl halides is 1. The zero-order valence-electron chi connectivity index (χ0n) is 11.1. The van der Waals surface area contributed by atoms with Crippen LogP contribution < -0.4 is 0 Å². The van der Waals surface area contributed by atoms with Gasteiger partial charge in [0.1, 0.15) is 11.3 Å². The minimum atomic E-state index is -0.220. The molecule has 20 heavy (non-hydrogen) atoms. The minimum absolute atomic E-state index is 0.220. The molecule has 0 saturated heterocycles. The van der Waals surface area contributed by atoms with Crippen LogP contribution in [-0.2, 0) is 6.54 Å². The van der Waals surface area contributed by atoms with Crippen LogP contribution in [0.2, 0.25) is 5.02 Å². The fourth-order valence-corrected chi connectivity index (χ4v) is 2.63. The second-order valence-corrected chi connectivity index (χ2v) is 5.78. The Balaban J connectivity index is 2.16. The van der Waals surface area contributed by atoms with Crippen LogP contribution in [0, 0.1) is 6.92 Å². The van der Waals surface area contributed by atoms with E-state index in [-0.39, 0.29) is 5.38 Å². The van der Waals surface area contributed by atoms with Gasteiger partial charge in [-0.3, -0.25) is 0 Å². The van der Waals surface area contributed by atoms with Crippen LogP contribution in [0.25, 0.3) is 11.0 Å². The second kappa shape index (κ2) is 5.11. The average Bonchev–Trinajstić information content (AvgIpc) is 2.96. The summed E-state index contributed by atoms with van der Waals surface area (Å²) in [7, 11) is 0. The molecular weight excluding hydrogens is 297 g/mol. The van der Waals surface area contributed by atoms with Crippen LogP contribution >= 0.6 is 23.2 Å². The summed E-state index contributed by atoms with van der Waals surface area (Å²) in [6.45, 7) is 4.31. The van der Waals surface area contributed by atoms with E-state index in [1.54, 1.807) is 0 Å².